The van der Waals surface area contributed by atoms with Crippen LogP contribution in [0.3, 0.4) is 0 Å². The van der Waals surface area contributed by atoms with Crippen molar-refractivity contribution in [3.63, 3.8) is 0 Å². The highest BCUT2D eigenvalue weighted by molar-refractivity contribution is 5.55. The highest BCUT2D eigenvalue weighted by Gasteiger charge is 2.84. The Morgan fingerprint density at radius 3 is 2.90 bits per heavy atom. The SMILES string of the molecule is Cc1nc(N)nn2c([C@]34O[C@H](CO)[C@@H](O)[C@]3(O)O4)ccc12. The summed E-state index contributed by atoms with van der Waals surface area (Å²) in [7, 11) is 0. The molecular formula is C12H14N4O5. The molecule has 2 saturated heterocycles. The molecule has 2 aliphatic heterocycles. The van der Waals surface area contributed by atoms with Gasteiger partial charge in [-0.25, -0.2) is 9.50 Å². The summed E-state index contributed by atoms with van der Waals surface area (Å²) in [5.74, 6) is -3.39. The topological polar surface area (TPSA) is 139 Å². The predicted molar refractivity (Wildman–Crippen MR) is 67.8 cm³/mol. The van der Waals surface area contributed by atoms with Crippen LogP contribution in [0.25, 0.3) is 5.52 Å². The van der Waals surface area contributed by atoms with Crippen LogP contribution in [0.4, 0.5) is 5.95 Å². The summed E-state index contributed by atoms with van der Waals surface area (Å²) in [5, 5.41) is 33.6. The molecule has 2 aliphatic rings. The molecule has 0 aromatic carbocycles. The summed E-state index contributed by atoms with van der Waals surface area (Å²) in [5.41, 5.74) is 7.36. The molecule has 112 valence electrons. The van der Waals surface area contributed by atoms with E-state index in [9.17, 15) is 15.3 Å². The summed E-state index contributed by atoms with van der Waals surface area (Å²) in [6.07, 6.45) is -2.29. The fourth-order valence-electron chi connectivity index (χ4n) is 2.93. The maximum atomic E-state index is 10.4. The Labute approximate surface area is 118 Å². The lowest BCUT2D eigenvalue weighted by atomic mass is 10.1. The highest BCUT2D eigenvalue weighted by atomic mass is 16.9. The van der Waals surface area contributed by atoms with Crippen molar-refractivity contribution < 1.29 is 24.8 Å². The standard InChI is InChI=1S/C12H14N4O5/c1-5-6-2-3-8(16(6)15-10(13)14-5)12-11(19,21-12)9(18)7(4-17)20-12/h2-3,7,9,17-19H,4H2,1H3,(H2,13,15)/t7-,9-,11+,12-/m1/s1. The van der Waals surface area contributed by atoms with Gasteiger partial charge in [0.25, 0.3) is 11.6 Å². The fourth-order valence-corrected chi connectivity index (χ4v) is 2.93. The molecule has 4 atom stereocenters. The van der Waals surface area contributed by atoms with E-state index in [2.05, 4.69) is 10.1 Å². The van der Waals surface area contributed by atoms with Crippen molar-refractivity contribution in [1.82, 2.24) is 14.6 Å². The van der Waals surface area contributed by atoms with Crippen molar-refractivity contribution in [2.75, 3.05) is 12.3 Å². The van der Waals surface area contributed by atoms with Gasteiger partial charge in [0.2, 0.25) is 5.95 Å². The average Bonchev–Trinajstić information content (AvgIpc) is 2.76. The Balaban J connectivity index is 1.89. The van der Waals surface area contributed by atoms with Gasteiger partial charge in [-0.1, -0.05) is 0 Å². The number of aliphatic hydroxyl groups is 3. The van der Waals surface area contributed by atoms with Gasteiger partial charge >= 0.3 is 0 Å². The number of nitrogen functional groups attached to an aromatic ring is 1. The number of aromatic nitrogens is 3. The first-order valence-corrected chi connectivity index (χ1v) is 6.44. The maximum Gasteiger partial charge on any atom is 0.274 e. The fraction of sp³-hybridized carbons (Fsp3) is 0.500. The number of rotatable bonds is 2. The zero-order chi connectivity index (χ0) is 15.0. The molecule has 2 aromatic rings. The number of hydrogen-bond donors (Lipinski definition) is 4. The number of epoxide rings is 1. The van der Waals surface area contributed by atoms with Crippen LogP contribution in [0.2, 0.25) is 0 Å². The van der Waals surface area contributed by atoms with E-state index in [4.69, 9.17) is 15.2 Å². The second-order valence-electron chi connectivity index (χ2n) is 5.27. The zero-order valence-corrected chi connectivity index (χ0v) is 11.1. The lowest BCUT2D eigenvalue weighted by molar-refractivity contribution is -0.159. The molecule has 0 bridgehead atoms. The largest absolute Gasteiger partial charge is 0.394 e. The molecule has 0 amide bonds. The molecule has 4 heterocycles. The van der Waals surface area contributed by atoms with Gasteiger partial charge in [0, 0.05) is 0 Å². The van der Waals surface area contributed by atoms with Crippen molar-refractivity contribution in [2.45, 2.75) is 30.7 Å². The minimum atomic E-state index is -1.90. The van der Waals surface area contributed by atoms with Crippen LogP contribution >= 0.6 is 0 Å². The van der Waals surface area contributed by atoms with Crippen LogP contribution in [0.15, 0.2) is 12.1 Å². The molecule has 5 N–H and O–H groups in total. The summed E-state index contributed by atoms with van der Waals surface area (Å²) in [6, 6.07) is 3.39. The number of aliphatic hydroxyl groups excluding tert-OH is 2. The van der Waals surface area contributed by atoms with E-state index >= 15 is 0 Å². The van der Waals surface area contributed by atoms with Crippen LogP contribution in [-0.4, -0.2) is 54.5 Å². The van der Waals surface area contributed by atoms with Crippen LogP contribution in [0, 0.1) is 6.92 Å². The van der Waals surface area contributed by atoms with Gasteiger partial charge in [-0.2, -0.15) is 0 Å². The number of nitrogens with two attached hydrogens (primary N) is 1. The quantitative estimate of drug-likeness (QED) is 0.478. The molecule has 0 aliphatic carbocycles. The van der Waals surface area contributed by atoms with E-state index in [0.717, 1.165) is 0 Å². The smallest absolute Gasteiger partial charge is 0.274 e. The first-order chi connectivity index (χ1) is 9.93. The Morgan fingerprint density at radius 2 is 2.24 bits per heavy atom. The number of aryl methyl sites for hydroxylation is 1. The maximum absolute atomic E-state index is 10.4. The number of anilines is 1. The van der Waals surface area contributed by atoms with E-state index in [0.29, 0.717) is 16.9 Å². The molecule has 9 nitrogen and oxygen atoms in total. The van der Waals surface area contributed by atoms with Crippen molar-refractivity contribution in [3.05, 3.63) is 23.5 Å². The van der Waals surface area contributed by atoms with Crippen molar-refractivity contribution in [1.29, 1.82) is 0 Å². The third kappa shape index (κ3) is 1.37. The van der Waals surface area contributed by atoms with E-state index in [1.165, 1.54) is 4.52 Å². The van der Waals surface area contributed by atoms with E-state index in [1.54, 1.807) is 19.1 Å². The van der Waals surface area contributed by atoms with E-state index in [1.807, 2.05) is 0 Å². The van der Waals surface area contributed by atoms with Crippen molar-refractivity contribution in [2.24, 2.45) is 0 Å². The van der Waals surface area contributed by atoms with Gasteiger partial charge in [0.05, 0.1) is 17.8 Å². The van der Waals surface area contributed by atoms with Crippen molar-refractivity contribution in [3.8, 4) is 0 Å². The Hall–Kier alpha value is -1.78. The molecule has 2 aromatic heterocycles. The monoisotopic (exact) mass is 294 g/mol. The summed E-state index contributed by atoms with van der Waals surface area (Å²) >= 11 is 0. The third-order valence-corrected chi connectivity index (χ3v) is 4.03. The lowest BCUT2D eigenvalue weighted by Gasteiger charge is -2.16. The molecule has 2 fully saturated rings. The van der Waals surface area contributed by atoms with Gasteiger partial charge in [0.1, 0.15) is 17.9 Å². The Kier molecular flexibility index (Phi) is 2.28. The molecule has 4 rings (SSSR count). The minimum Gasteiger partial charge on any atom is -0.394 e. The van der Waals surface area contributed by atoms with E-state index in [-0.39, 0.29) is 5.95 Å². The number of nitrogens with zero attached hydrogens (tertiary/aromatic N) is 3. The Morgan fingerprint density at radius 1 is 1.48 bits per heavy atom. The molecule has 0 radical (unpaired) electrons. The first kappa shape index (κ1) is 12.9. The predicted octanol–water partition coefficient (Wildman–Crippen LogP) is -1.76. The van der Waals surface area contributed by atoms with Crippen LogP contribution in [0.1, 0.15) is 11.4 Å². The van der Waals surface area contributed by atoms with Crippen molar-refractivity contribution >= 4 is 11.5 Å². The van der Waals surface area contributed by atoms with Crippen LogP contribution in [-0.2, 0) is 15.3 Å². The first-order valence-electron chi connectivity index (χ1n) is 6.44. The molecule has 0 saturated carbocycles. The second kappa shape index (κ2) is 3.70. The van der Waals surface area contributed by atoms with Crippen LogP contribution in [0.5, 0.6) is 0 Å². The summed E-state index contributed by atoms with van der Waals surface area (Å²) in [4.78, 5) is 4.05. The summed E-state index contributed by atoms with van der Waals surface area (Å²) < 4.78 is 12.2. The lowest BCUT2D eigenvalue weighted by Crippen LogP contribution is -2.37. The molecule has 9 heteroatoms. The summed E-state index contributed by atoms with van der Waals surface area (Å²) in [6.45, 7) is 1.34. The average molecular weight is 294 g/mol. The number of hydrogen-bond acceptors (Lipinski definition) is 8. The third-order valence-electron chi connectivity index (χ3n) is 4.03. The van der Waals surface area contributed by atoms with E-state index < -0.39 is 30.4 Å². The molecule has 21 heavy (non-hydrogen) atoms. The number of ether oxygens (including phenoxy) is 2. The normalized spacial score (nSPS) is 37.9. The van der Waals surface area contributed by atoms with Gasteiger partial charge < -0.3 is 25.8 Å². The number of fused-ring (bicyclic) bond motifs is 2. The molecule has 0 spiro atoms. The molecular weight excluding hydrogens is 280 g/mol. The second-order valence-corrected chi connectivity index (χ2v) is 5.27. The van der Waals surface area contributed by atoms with Crippen LogP contribution < -0.4 is 5.73 Å². The minimum absolute atomic E-state index is 0.0651. The van der Waals surface area contributed by atoms with Gasteiger partial charge in [-0.15, -0.1) is 5.10 Å². The van der Waals surface area contributed by atoms with Gasteiger partial charge in [-0.3, -0.25) is 4.74 Å². The highest BCUT2D eigenvalue weighted by Crippen LogP contribution is 2.62. The zero-order valence-electron chi connectivity index (χ0n) is 11.1. The molecule has 0 unspecified atom stereocenters. The van der Waals surface area contributed by atoms with Gasteiger partial charge in [-0.05, 0) is 19.1 Å². The van der Waals surface area contributed by atoms with Gasteiger partial charge in [0.15, 0.2) is 0 Å². The Bertz CT molecular complexity index is 749.